The monoisotopic (exact) mass is 499 g/mol. The Kier molecular flexibility index (Phi) is 6.99. The Morgan fingerprint density at radius 2 is 1.74 bits per heavy atom. The van der Waals surface area contributed by atoms with Crippen molar-refractivity contribution in [2.75, 3.05) is 7.05 Å². The minimum absolute atomic E-state index is 0.112. The number of rotatable bonds is 7. The summed E-state index contributed by atoms with van der Waals surface area (Å²) in [5, 5.41) is 4.22. The fourth-order valence-electron chi connectivity index (χ4n) is 2.91. The lowest BCUT2D eigenvalue weighted by atomic mass is 10.1. The van der Waals surface area contributed by atoms with Gasteiger partial charge < -0.3 is 9.64 Å². The molecule has 1 amide bonds. The second kappa shape index (κ2) is 9.51. The van der Waals surface area contributed by atoms with Crippen LogP contribution in [0.25, 0.3) is 0 Å². The summed E-state index contributed by atoms with van der Waals surface area (Å²) >= 11 is 3.42. The van der Waals surface area contributed by atoms with Crippen LogP contribution < -0.4 is 4.74 Å². The van der Waals surface area contributed by atoms with Crippen molar-refractivity contribution < 1.29 is 27.1 Å². The van der Waals surface area contributed by atoms with Gasteiger partial charge in [-0.1, -0.05) is 12.1 Å². The van der Waals surface area contributed by atoms with E-state index in [1.54, 1.807) is 17.9 Å². The van der Waals surface area contributed by atoms with Gasteiger partial charge in [0, 0.05) is 25.2 Å². The standard InChI is InChI=1S/C21H18BrF4N3O2/c1-3-29-17(14(22)9-27-29)10-28(2)21(30)13-6-4-12(5-7-13)11-31-20-18(25)15(23)8-16(24)19(20)26/h4-9H,3,10-11H2,1-2H3. The SMILES string of the molecule is CCn1ncc(Br)c1CN(C)C(=O)c1ccc(COc2c(F)c(F)cc(F)c2F)cc1. The van der Waals surface area contributed by atoms with E-state index in [-0.39, 0.29) is 18.6 Å². The molecule has 0 atom stereocenters. The van der Waals surface area contributed by atoms with E-state index < -0.39 is 29.0 Å². The van der Waals surface area contributed by atoms with Crippen LogP contribution >= 0.6 is 15.9 Å². The number of hydrogen-bond donors (Lipinski definition) is 0. The van der Waals surface area contributed by atoms with Gasteiger partial charge in [0.05, 0.1) is 22.9 Å². The van der Waals surface area contributed by atoms with Gasteiger partial charge in [-0.05, 0) is 40.5 Å². The highest BCUT2D eigenvalue weighted by Crippen LogP contribution is 2.27. The van der Waals surface area contributed by atoms with E-state index in [0.29, 0.717) is 24.2 Å². The van der Waals surface area contributed by atoms with Crippen LogP contribution in [0, 0.1) is 23.3 Å². The third kappa shape index (κ3) is 4.90. The number of halogens is 5. The van der Waals surface area contributed by atoms with Crippen LogP contribution in [0.1, 0.15) is 28.5 Å². The number of hydrogen-bond acceptors (Lipinski definition) is 3. The number of carbonyl (C=O) groups excluding carboxylic acids is 1. The average Bonchev–Trinajstić information content (AvgIpc) is 3.11. The van der Waals surface area contributed by atoms with Gasteiger partial charge in [-0.25, -0.2) is 8.78 Å². The summed E-state index contributed by atoms with van der Waals surface area (Å²) in [5.41, 5.74) is 1.70. The Bertz CT molecular complexity index is 1080. The van der Waals surface area contributed by atoms with Gasteiger partial charge in [0.25, 0.3) is 5.91 Å². The molecular formula is C21H18BrF4N3O2. The Labute approximate surface area is 184 Å². The molecule has 0 N–H and O–H groups in total. The molecule has 31 heavy (non-hydrogen) atoms. The molecule has 0 unspecified atom stereocenters. The molecule has 3 aromatic rings. The number of aryl methyl sites for hydroxylation is 1. The number of benzene rings is 2. The predicted molar refractivity (Wildman–Crippen MR) is 108 cm³/mol. The normalized spacial score (nSPS) is 10.9. The van der Waals surface area contributed by atoms with Crippen LogP contribution in [-0.4, -0.2) is 27.6 Å². The molecular weight excluding hydrogens is 482 g/mol. The zero-order valence-corrected chi connectivity index (χ0v) is 18.2. The predicted octanol–water partition coefficient (Wildman–Crippen LogP) is 5.07. The van der Waals surface area contributed by atoms with Crippen LogP contribution in [0.3, 0.4) is 0 Å². The van der Waals surface area contributed by atoms with E-state index in [4.69, 9.17) is 4.74 Å². The van der Waals surface area contributed by atoms with E-state index in [9.17, 15) is 22.4 Å². The molecule has 0 aliphatic carbocycles. The number of carbonyl (C=O) groups is 1. The Hall–Kier alpha value is -2.88. The first-order chi connectivity index (χ1) is 14.7. The van der Waals surface area contributed by atoms with Crippen molar-refractivity contribution in [3.63, 3.8) is 0 Å². The highest BCUT2D eigenvalue weighted by atomic mass is 79.9. The lowest BCUT2D eigenvalue weighted by Gasteiger charge is -2.18. The van der Waals surface area contributed by atoms with Crippen LogP contribution in [0.2, 0.25) is 0 Å². The van der Waals surface area contributed by atoms with E-state index in [1.165, 1.54) is 29.2 Å². The molecule has 5 nitrogen and oxygen atoms in total. The molecule has 10 heteroatoms. The first-order valence-corrected chi connectivity index (χ1v) is 10.0. The zero-order chi connectivity index (χ0) is 22.7. The second-order valence-corrected chi connectivity index (χ2v) is 7.55. The summed E-state index contributed by atoms with van der Waals surface area (Å²) in [6, 6.07) is 6.23. The summed E-state index contributed by atoms with van der Waals surface area (Å²) in [4.78, 5) is 14.2. The molecule has 0 aliphatic heterocycles. The number of nitrogens with zero attached hydrogens (tertiary/aromatic N) is 3. The molecule has 1 aromatic heterocycles. The van der Waals surface area contributed by atoms with Gasteiger partial charge in [0.15, 0.2) is 17.4 Å². The number of amides is 1. The van der Waals surface area contributed by atoms with Crippen molar-refractivity contribution in [2.45, 2.75) is 26.6 Å². The lowest BCUT2D eigenvalue weighted by Crippen LogP contribution is -2.27. The van der Waals surface area contributed by atoms with Crippen LogP contribution in [0.15, 0.2) is 41.0 Å². The highest BCUT2D eigenvalue weighted by molar-refractivity contribution is 9.10. The van der Waals surface area contributed by atoms with Crippen molar-refractivity contribution in [1.29, 1.82) is 0 Å². The van der Waals surface area contributed by atoms with Gasteiger partial charge in [0.1, 0.15) is 6.61 Å². The molecule has 0 saturated heterocycles. The molecule has 0 saturated carbocycles. The third-order valence-corrected chi connectivity index (χ3v) is 5.25. The largest absolute Gasteiger partial charge is 0.483 e. The lowest BCUT2D eigenvalue weighted by molar-refractivity contribution is 0.0781. The summed E-state index contributed by atoms with van der Waals surface area (Å²) in [7, 11) is 1.66. The third-order valence-electron chi connectivity index (χ3n) is 4.59. The van der Waals surface area contributed by atoms with Crippen molar-refractivity contribution in [3.05, 3.63) is 81.1 Å². The Morgan fingerprint density at radius 3 is 2.32 bits per heavy atom. The van der Waals surface area contributed by atoms with Crippen LogP contribution in [0.4, 0.5) is 17.6 Å². The first-order valence-electron chi connectivity index (χ1n) is 9.23. The van der Waals surface area contributed by atoms with Crippen molar-refractivity contribution >= 4 is 21.8 Å². The molecule has 2 aromatic carbocycles. The minimum atomic E-state index is -1.61. The van der Waals surface area contributed by atoms with E-state index in [0.717, 1.165) is 10.2 Å². The fraction of sp³-hybridized carbons (Fsp3) is 0.238. The van der Waals surface area contributed by atoms with Gasteiger partial charge in [-0.15, -0.1) is 0 Å². The van der Waals surface area contributed by atoms with Crippen molar-refractivity contribution in [2.24, 2.45) is 0 Å². The molecule has 0 bridgehead atoms. The van der Waals surface area contributed by atoms with Gasteiger partial charge >= 0.3 is 0 Å². The molecule has 164 valence electrons. The van der Waals surface area contributed by atoms with E-state index in [1.807, 2.05) is 6.92 Å². The molecule has 0 radical (unpaired) electrons. The highest BCUT2D eigenvalue weighted by Gasteiger charge is 2.21. The Balaban J connectivity index is 1.67. The summed E-state index contributed by atoms with van der Waals surface area (Å²) in [5.74, 6) is -7.68. The van der Waals surface area contributed by atoms with Crippen molar-refractivity contribution in [1.82, 2.24) is 14.7 Å². The maximum absolute atomic E-state index is 13.7. The summed E-state index contributed by atoms with van der Waals surface area (Å²) in [6.07, 6.45) is 1.67. The van der Waals surface area contributed by atoms with Gasteiger partial charge in [-0.2, -0.15) is 13.9 Å². The van der Waals surface area contributed by atoms with Gasteiger partial charge in [-0.3, -0.25) is 9.48 Å². The van der Waals surface area contributed by atoms with Crippen LogP contribution in [0.5, 0.6) is 5.75 Å². The van der Waals surface area contributed by atoms with Crippen molar-refractivity contribution in [3.8, 4) is 5.75 Å². The quantitative estimate of drug-likeness (QED) is 0.336. The molecule has 3 rings (SSSR count). The van der Waals surface area contributed by atoms with Gasteiger partial charge in [0.2, 0.25) is 11.6 Å². The number of aromatic nitrogens is 2. The maximum atomic E-state index is 13.7. The topological polar surface area (TPSA) is 47.4 Å². The molecule has 0 fully saturated rings. The molecule has 1 heterocycles. The van der Waals surface area contributed by atoms with Crippen LogP contribution in [-0.2, 0) is 19.7 Å². The average molecular weight is 500 g/mol. The van der Waals surface area contributed by atoms with E-state index in [2.05, 4.69) is 21.0 Å². The first kappa shape index (κ1) is 22.8. The summed E-state index contributed by atoms with van der Waals surface area (Å²) in [6.45, 7) is 2.60. The minimum Gasteiger partial charge on any atom is -0.483 e. The maximum Gasteiger partial charge on any atom is 0.253 e. The van der Waals surface area contributed by atoms with E-state index >= 15 is 0 Å². The summed E-state index contributed by atoms with van der Waals surface area (Å²) < 4.78 is 61.4. The smallest absolute Gasteiger partial charge is 0.253 e. The molecule has 0 spiro atoms. The zero-order valence-electron chi connectivity index (χ0n) is 16.6. The Morgan fingerprint density at radius 1 is 1.13 bits per heavy atom. The molecule has 0 aliphatic rings. The fourth-order valence-corrected chi connectivity index (χ4v) is 3.33. The second-order valence-electron chi connectivity index (χ2n) is 6.70. The number of ether oxygens (including phenoxy) is 1.